The lowest BCUT2D eigenvalue weighted by atomic mass is 10.2. The van der Waals surface area contributed by atoms with Crippen molar-refractivity contribution in [3.8, 4) is 5.75 Å². The Morgan fingerprint density at radius 3 is 2.00 bits per heavy atom. The zero-order chi connectivity index (χ0) is 12.7. The third kappa shape index (κ3) is 3.70. The van der Waals surface area contributed by atoms with Crippen LogP contribution in [0.15, 0.2) is 28.9 Å². The SMILES string of the molecule is CC[Si](CC)(CC)/N=C/c1ccc(OC)cc1. The fourth-order valence-corrected chi connectivity index (χ4v) is 4.40. The van der Waals surface area contributed by atoms with Crippen LogP contribution in [0.3, 0.4) is 0 Å². The number of ether oxygens (including phenoxy) is 1. The van der Waals surface area contributed by atoms with Crippen molar-refractivity contribution >= 4 is 14.5 Å². The summed E-state index contributed by atoms with van der Waals surface area (Å²) in [5, 5.41) is 0. The van der Waals surface area contributed by atoms with Gasteiger partial charge in [0.2, 0.25) is 0 Å². The minimum atomic E-state index is -1.38. The molecule has 0 spiro atoms. The molecule has 0 aliphatic heterocycles. The van der Waals surface area contributed by atoms with E-state index in [1.165, 1.54) is 18.1 Å². The summed E-state index contributed by atoms with van der Waals surface area (Å²) in [5.41, 5.74) is 1.16. The van der Waals surface area contributed by atoms with Crippen LogP contribution in [0.4, 0.5) is 0 Å². The molecule has 0 atom stereocenters. The normalized spacial score (nSPS) is 12.0. The Bertz CT molecular complexity index is 347. The summed E-state index contributed by atoms with van der Waals surface area (Å²) in [6, 6.07) is 11.8. The minimum absolute atomic E-state index is 0.895. The van der Waals surface area contributed by atoms with E-state index in [4.69, 9.17) is 9.39 Å². The molecule has 0 bridgehead atoms. The van der Waals surface area contributed by atoms with Crippen molar-refractivity contribution in [2.45, 2.75) is 38.9 Å². The van der Waals surface area contributed by atoms with Crippen molar-refractivity contribution in [2.24, 2.45) is 4.66 Å². The first-order valence-electron chi connectivity index (χ1n) is 6.39. The smallest absolute Gasteiger partial charge is 0.180 e. The molecule has 0 N–H and O–H groups in total. The lowest BCUT2D eigenvalue weighted by Gasteiger charge is -2.21. The lowest BCUT2D eigenvalue weighted by Crippen LogP contribution is -2.29. The first-order chi connectivity index (χ1) is 8.19. The summed E-state index contributed by atoms with van der Waals surface area (Å²) in [7, 11) is 0.303. The van der Waals surface area contributed by atoms with Crippen molar-refractivity contribution in [2.75, 3.05) is 7.11 Å². The number of benzene rings is 1. The second-order valence-electron chi connectivity index (χ2n) is 4.32. The molecule has 3 heteroatoms. The van der Waals surface area contributed by atoms with Gasteiger partial charge in [0.15, 0.2) is 8.24 Å². The predicted molar refractivity (Wildman–Crippen MR) is 77.8 cm³/mol. The Morgan fingerprint density at radius 2 is 1.59 bits per heavy atom. The van der Waals surface area contributed by atoms with Gasteiger partial charge in [-0.15, -0.1) is 0 Å². The van der Waals surface area contributed by atoms with Crippen LogP contribution in [0.1, 0.15) is 26.3 Å². The largest absolute Gasteiger partial charge is 0.497 e. The van der Waals surface area contributed by atoms with Gasteiger partial charge in [-0.3, -0.25) is 0 Å². The molecular weight excluding hydrogens is 226 g/mol. The molecule has 1 rings (SSSR count). The number of methoxy groups -OCH3 is 1. The van der Waals surface area contributed by atoms with Gasteiger partial charge in [-0.2, -0.15) is 0 Å². The van der Waals surface area contributed by atoms with E-state index in [0.29, 0.717) is 0 Å². The highest BCUT2D eigenvalue weighted by atomic mass is 28.3. The predicted octanol–water partition coefficient (Wildman–Crippen LogP) is 4.12. The highest BCUT2D eigenvalue weighted by Crippen LogP contribution is 2.21. The maximum absolute atomic E-state index is 5.14. The Labute approximate surface area is 106 Å². The molecule has 2 nitrogen and oxygen atoms in total. The monoisotopic (exact) mass is 249 g/mol. The molecule has 0 heterocycles. The summed E-state index contributed by atoms with van der Waals surface area (Å²) in [5.74, 6) is 0.895. The number of hydrogen-bond donors (Lipinski definition) is 0. The van der Waals surface area contributed by atoms with Crippen molar-refractivity contribution in [3.63, 3.8) is 0 Å². The van der Waals surface area contributed by atoms with Gasteiger partial charge < -0.3 is 9.39 Å². The molecule has 0 fully saturated rings. The Morgan fingerprint density at radius 1 is 1.06 bits per heavy atom. The number of hydrogen-bond acceptors (Lipinski definition) is 2. The summed E-state index contributed by atoms with van der Waals surface area (Å²) in [4.78, 5) is 0. The van der Waals surface area contributed by atoms with E-state index in [9.17, 15) is 0 Å². The van der Waals surface area contributed by atoms with Crippen LogP contribution in [0.25, 0.3) is 0 Å². The van der Waals surface area contributed by atoms with Gasteiger partial charge in [-0.1, -0.05) is 20.8 Å². The van der Waals surface area contributed by atoms with E-state index in [-0.39, 0.29) is 0 Å². The van der Waals surface area contributed by atoms with Crippen LogP contribution in [-0.4, -0.2) is 21.6 Å². The molecule has 0 aliphatic rings. The summed E-state index contributed by atoms with van der Waals surface area (Å²) >= 11 is 0. The molecule has 0 amide bonds. The third-order valence-electron chi connectivity index (χ3n) is 3.58. The Balaban J connectivity index is 2.80. The van der Waals surface area contributed by atoms with Crippen LogP contribution >= 0.6 is 0 Å². The van der Waals surface area contributed by atoms with Gasteiger partial charge in [0.05, 0.1) is 7.11 Å². The summed E-state index contributed by atoms with van der Waals surface area (Å²) in [6.45, 7) is 6.81. The molecule has 1 aromatic carbocycles. The lowest BCUT2D eigenvalue weighted by molar-refractivity contribution is 0.415. The molecule has 0 saturated heterocycles. The maximum atomic E-state index is 5.14. The average molecular weight is 249 g/mol. The number of rotatable bonds is 6. The van der Waals surface area contributed by atoms with E-state index < -0.39 is 8.24 Å². The van der Waals surface area contributed by atoms with Crippen LogP contribution in [-0.2, 0) is 0 Å². The zero-order valence-corrected chi connectivity index (χ0v) is 12.4. The molecule has 0 aliphatic carbocycles. The van der Waals surface area contributed by atoms with Crippen LogP contribution in [0.5, 0.6) is 5.75 Å². The molecule has 0 saturated carbocycles. The molecule has 0 unspecified atom stereocenters. The Kier molecular flexibility index (Phi) is 5.42. The highest BCUT2D eigenvalue weighted by molar-refractivity contribution is 6.78. The second-order valence-corrected chi connectivity index (χ2v) is 9.14. The second kappa shape index (κ2) is 6.60. The van der Waals surface area contributed by atoms with E-state index >= 15 is 0 Å². The van der Waals surface area contributed by atoms with Crippen LogP contribution in [0.2, 0.25) is 18.1 Å². The van der Waals surface area contributed by atoms with Crippen molar-refractivity contribution < 1.29 is 4.74 Å². The van der Waals surface area contributed by atoms with Gasteiger partial charge >= 0.3 is 0 Å². The van der Waals surface area contributed by atoms with E-state index in [0.717, 1.165) is 11.3 Å². The number of nitrogens with zero attached hydrogens (tertiary/aromatic N) is 1. The zero-order valence-electron chi connectivity index (χ0n) is 11.4. The first kappa shape index (κ1) is 14.0. The van der Waals surface area contributed by atoms with Crippen molar-refractivity contribution in [1.82, 2.24) is 0 Å². The maximum Gasteiger partial charge on any atom is 0.180 e. The Hall–Kier alpha value is -1.09. The standard InChI is InChI=1S/C14H23NOSi/c1-5-17(6-2,7-3)15-12-13-8-10-14(16-4)11-9-13/h8-12H,5-7H2,1-4H3/b15-12+. The van der Waals surface area contributed by atoms with Gasteiger partial charge in [0.25, 0.3) is 0 Å². The van der Waals surface area contributed by atoms with E-state index in [2.05, 4.69) is 32.9 Å². The van der Waals surface area contributed by atoms with Crippen molar-refractivity contribution in [1.29, 1.82) is 0 Å². The van der Waals surface area contributed by atoms with Gasteiger partial charge in [-0.05, 0) is 48.0 Å². The topological polar surface area (TPSA) is 21.6 Å². The fourth-order valence-electron chi connectivity index (χ4n) is 1.93. The van der Waals surface area contributed by atoms with Crippen LogP contribution in [0, 0.1) is 0 Å². The van der Waals surface area contributed by atoms with Crippen molar-refractivity contribution in [3.05, 3.63) is 29.8 Å². The highest BCUT2D eigenvalue weighted by Gasteiger charge is 2.25. The molecule has 0 aromatic heterocycles. The average Bonchev–Trinajstić information content (AvgIpc) is 2.41. The van der Waals surface area contributed by atoms with E-state index in [1.54, 1.807) is 7.11 Å². The molecular formula is C14H23NOSi. The third-order valence-corrected chi connectivity index (χ3v) is 8.20. The molecule has 1 aromatic rings. The van der Waals surface area contributed by atoms with Gasteiger partial charge in [-0.25, -0.2) is 0 Å². The van der Waals surface area contributed by atoms with Crippen LogP contribution < -0.4 is 4.74 Å². The fraction of sp³-hybridized carbons (Fsp3) is 0.500. The molecule has 17 heavy (non-hydrogen) atoms. The summed E-state index contributed by atoms with van der Waals surface area (Å²) < 4.78 is 10.1. The summed E-state index contributed by atoms with van der Waals surface area (Å²) in [6.07, 6.45) is 2.04. The van der Waals surface area contributed by atoms with Gasteiger partial charge in [0, 0.05) is 6.21 Å². The molecule has 0 radical (unpaired) electrons. The molecule has 94 valence electrons. The minimum Gasteiger partial charge on any atom is -0.497 e. The quantitative estimate of drug-likeness (QED) is 0.549. The van der Waals surface area contributed by atoms with Gasteiger partial charge in [0.1, 0.15) is 5.75 Å². The first-order valence-corrected chi connectivity index (χ1v) is 8.95. The van der Waals surface area contributed by atoms with E-state index in [1.807, 2.05) is 18.3 Å².